The van der Waals surface area contributed by atoms with Gasteiger partial charge in [0.25, 0.3) is 0 Å². The maximum absolute atomic E-state index is 11.9. The molecule has 20 heavy (non-hydrogen) atoms. The molecule has 1 amide bonds. The maximum Gasteiger partial charge on any atom is 0.239 e. The van der Waals surface area contributed by atoms with E-state index in [0.717, 1.165) is 12.8 Å². The van der Waals surface area contributed by atoms with Crippen molar-refractivity contribution in [1.82, 2.24) is 14.5 Å². The van der Waals surface area contributed by atoms with E-state index in [1.807, 2.05) is 13.8 Å². The van der Waals surface area contributed by atoms with Crippen molar-refractivity contribution in [3.63, 3.8) is 0 Å². The van der Waals surface area contributed by atoms with Gasteiger partial charge >= 0.3 is 0 Å². The van der Waals surface area contributed by atoms with E-state index in [1.165, 1.54) is 10.6 Å². The second-order valence-electron chi connectivity index (χ2n) is 5.61. The summed E-state index contributed by atoms with van der Waals surface area (Å²) in [6.07, 6.45) is 3.14. The van der Waals surface area contributed by atoms with Crippen molar-refractivity contribution in [1.29, 1.82) is 0 Å². The molecular weight excluding hydrogens is 278 g/mol. The molecule has 1 fully saturated rings. The van der Waals surface area contributed by atoms with Gasteiger partial charge in [-0.1, -0.05) is 0 Å². The van der Waals surface area contributed by atoms with E-state index in [9.17, 15) is 13.2 Å². The Morgan fingerprint density at radius 3 is 2.70 bits per heavy atom. The molecular formula is C13H27N3O3S. The molecule has 2 atom stereocenters. The van der Waals surface area contributed by atoms with E-state index < -0.39 is 10.0 Å². The number of nitrogens with one attached hydrogen (secondary N) is 1. The van der Waals surface area contributed by atoms with Crippen LogP contribution in [0.25, 0.3) is 0 Å². The molecule has 1 aliphatic heterocycles. The summed E-state index contributed by atoms with van der Waals surface area (Å²) >= 11 is 0. The second kappa shape index (κ2) is 7.38. The highest BCUT2D eigenvalue weighted by molar-refractivity contribution is 7.88. The van der Waals surface area contributed by atoms with Gasteiger partial charge in [0.05, 0.1) is 12.3 Å². The quantitative estimate of drug-likeness (QED) is 0.756. The zero-order valence-electron chi connectivity index (χ0n) is 12.9. The molecule has 1 aliphatic rings. The fourth-order valence-electron chi connectivity index (χ4n) is 2.41. The van der Waals surface area contributed by atoms with Crippen molar-refractivity contribution in [3.8, 4) is 0 Å². The molecule has 0 bridgehead atoms. The molecule has 1 saturated heterocycles. The lowest BCUT2D eigenvalue weighted by Gasteiger charge is -2.32. The fraction of sp³-hybridized carbons (Fsp3) is 0.923. The lowest BCUT2D eigenvalue weighted by Crippen LogP contribution is -2.47. The number of nitrogens with zero attached hydrogens (tertiary/aromatic N) is 2. The van der Waals surface area contributed by atoms with E-state index in [1.54, 1.807) is 11.9 Å². The predicted molar refractivity (Wildman–Crippen MR) is 79.9 cm³/mol. The molecule has 0 aromatic rings. The monoisotopic (exact) mass is 305 g/mol. The second-order valence-corrected chi connectivity index (χ2v) is 7.59. The molecule has 1 N–H and O–H groups in total. The molecule has 1 rings (SSSR count). The van der Waals surface area contributed by atoms with Crippen LogP contribution in [-0.2, 0) is 14.8 Å². The van der Waals surface area contributed by atoms with E-state index in [2.05, 4.69) is 5.32 Å². The van der Waals surface area contributed by atoms with E-state index in [0.29, 0.717) is 26.2 Å². The molecule has 0 aliphatic carbocycles. The van der Waals surface area contributed by atoms with E-state index in [4.69, 9.17) is 0 Å². The van der Waals surface area contributed by atoms with Gasteiger partial charge in [-0.15, -0.1) is 0 Å². The van der Waals surface area contributed by atoms with Crippen LogP contribution in [0.15, 0.2) is 0 Å². The summed E-state index contributed by atoms with van der Waals surface area (Å²) in [5.41, 5.74) is 0. The van der Waals surface area contributed by atoms with Crippen LogP contribution < -0.4 is 5.32 Å². The Balaban J connectivity index is 2.44. The minimum atomic E-state index is -3.10. The topological polar surface area (TPSA) is 69.7 Å². The number of piperidine rings is 1. The summed E-state index contributed by atoms with van der Waals surface area (Å²) in [5.74, 6) is 0.351. The van der Waals surface area contributed by atoms with Gasteiger partial charge in [0.15, 0.2) is 0 Å². The smallest absolute Gasteiger partial charge is 0.239 e. The normalized spacial score (nSPS) is 22.5. The Morgan fingerprint density at radius 1 is 1.50 bits per heavy atom. The Morgan fingerprint density at radius 2 is 2.15 bits per heavy atom. The zero-order valence-corrected chi connectivity index (χ0v) is 13.7. The lowest BCUT2D eigenvalue weighted by atomic mass is 9.99. The van der Waals surface area contributed by atoms with Crippen molar-refractivity contribution in [2.75, 3.05) is 39.5 Å². The van der Waals surface area contributed by atoms with Crippen molar-refractivity contribution in [3.05, 3.63) is 0 Å². The highest BCUT2D eigenvalue weighted by Gasteiger charge is 2.26. The lowest BCUT2D eigenvalue weighted by molar-refractivity contribution is -0.131. The first-order chi connectivity index (χ1) is 9.25. The molecule has 6 nitrogen and oxygen atoms in total. The molecule has 0 aromatic carbocycles. The van der Waals surface area contributed by atoms with Crippen LogP contribution in [0.3, 0.4) is 0 Å². The molecule has 1 heterocycles. The summed E-state index contributed by atoms with van der Waals surface area (Å²) in [4.78, 5) is 13.6. The number of carbonyl (C=O) groups is 1. The predicted octanol–water partition coefficient (Wildman–Crippen LogP) is 0.114. The van der Waals surface area contributed by atoms with Crippen LogP contribution >= 0.6 is 0 Å². The third-order valence-corrected chi connectivity index (χ3v) is 5.15. The van der Waals surface area contributed by atoms with Crippen molar-refractivity contribution in [2.24, 2.45) is 5.92 Å². The van der Waals surface area contributed by atoms with E-state index in [-0.39, 0.29) is 17.9 Å². The van der Waals surface area contributed by atoms with Crippen LogP contribution in [0.4, 0.5) is 0 Å². The summed E-state index contributed by atoms with van der Waals surface area (Å²) < 4.78 is 24.6. The molecule has 0 radical (unpaired) electrons. The molecule has 0 aromatic heterocycles. The average molecular weight is 305 g/mol. The molecule has 118 valence electrons. The molecule has 0 spiro atoms. The molecule has 7 heteroatoms. The SMILES string of the molecule is CCN(C)C(=O)C(C)NCC1CCCN(S(C)(=O)=O)C1. The number of hydrogen-bond acceptors (Lipinski definition) is 4. The largest absolute Gasteiger partial charge is 0.345 e. The van der Waals surface area contributed by atoms with E-state index >= 15 is 0 Å². The number of likely N-dealkylation sites (N-methyl/N-ethyl adjacent to an activating group) is 1. The average Bonchev–Trinajstić information content (AvgIpc) is 2.42. The van der Waals surface area contributed by atoms with Crippen LogP contribution in [0.1, 0.15) is 26.7 Å². The van der Waals surface area contributed by atoms with Gasteiger partial charge < -0.3 is 10.2 Å². The third kappa shape index (κ3) is 5.03. The number of rotatable bonds is 6. The van der Waals surface area contributed by atoms with Crippen molar-refractivity contribution >= 4 is 15.9 Å². The number of hydrogen-bond donors (Lipinski definition) is 1. The first-order valence-electron chi connectivity index (χ1n) is 7.19. The first kappa shape index (κ1) is 17.4. The van der Waals surface area contributed by atoms with Gasteiger partial charge in [-0.05, 0) is 39.2 Å². The Bertz CT molecular complexity index is 425. The highest BCUT2D eigenvalue weighted by Crippen LogP contribution is 2.18. The summed E-state index contributed by atoms with van der Waals surface area (Å²) in [6, 6.07) is -0.228. The number of amides is 1. The van der Waals surface area contributed by atoms with Gasteiger partial charge in [0.2, 0.25) is 15.9 Å². The van der Waals surface area contributed by atoms with Crippen LogP contribution in [0.2, 0.25) is 0 Å². The number of carbonyl (C=O) groups excluding carboxylic acids is 1. The Labute approximate surface area is 122 Å². The van der Waals surface area contributed by atoms with Crippen molar-refractivity contribution in [2.45, 2.75) is 32.7 Å². The Kier molecular flexibility index (Phi) is 6.42. The standard InChI is InChI=1S/C13H27N3O3S/c1-5-15(3)13(17)11(2)14-9-12-7-6-8-16(10-12)20(4,18)19/h11-12,14H,5-10H2,1-4H3. The summed E-state index contributed by atoms with van der Waals surface area (Å²) in [5, 5.41) is 3.23. The van der Waals surface area contributed by atoms with Crippen molar-refractivity contribution < 1.29 is 13.2 Å². The zero-order chi connectivity index (χ0) is 15.3. The van der Waals surface area contributed by atoms with Gasteiger partial charge in [-0.2, -0.15) is 0 Å². The van der Waals surface area contributed by atoms with Crippen LogP contribution in [0.5, 0.6) is 0 Å². The molecule has 2 unspecified atom stereocenters. The maximum atomic E-state index is 11.9. The van der Waals surface area contributed by atoms with Gasteiger partial charge in [-0.25, -0.2) is 12.7 Å². The third-order valence-electron chi connectivity index (χ3n) is 3.88. The van der Waals surface area contributed by atoms with Crippen LogP contribution in [0, 0.1) is 5.92 Å². The summed E-state index contributed by atoms with van der Waals surface area (Å²) in [7, 11) is -1.32. The number of sulfonamides is 1. The first-order valence-corrected chi connectivity index (χ1v) is 9.04. The van der Waals surface area contributed by atoms with Crippen LogP contribution in [-0.4, -0.2) is 69.1 Å². The van der Waals surface area contributed by atoms with Gasteiger partial charge in [0.1, 0.15) is 0 Å². The summed E-state index contributed by atoms with van der Waals surface area (Å²) in [6.45, 7) is 6.33. The highest BCUT2D eigenvalue weighted by atomic mass is 32.2. The minimum absolute atomic E-state index is 0.0725. The van der Waals surface area contributed by atoms with Gasteiger partial charge in [-0.3, -0.25) is 4.79 Å². The fourth-order valence-corrected chi connectivity index (χ4v) is 3.35. The van der Waals surface area contributed by atoms with Gasteiger partial charge in [0, 0.05) is 26.7 Å². The minimum Gasteiger partial charge on any atom is -0.345 e. The Hall–Kier alpha value is -0.660. The molecule has 0 saturated carbocycles.